The molecule has 1 N–H and O–H groups in total. The number of nitrogens with zero attached hydrogens (tertiary/aromatic N) is 1. The van der Waals surface area contributed by atoms with Gasteiger partial charge in [-0.1, -0.05) is 72.8 Å². The monoisotopic (exact) mass is 340 g/mol. The summed E-state index contributed by atoms with van der Waals surface area (Å²) in [6.07, 6.45) is 0. The molecule has 0 amide bonds. The minimum absolute atomic E-state index is 0.622. The molecular weight excluding hydrogens is 320 g/mol. The number of benzene rings is 3. The lowest BCUT2D eigenvalue weighted by Gasteiger charge is -2.10. The van der Waals surface area contributed by atoms with Gasteiger partial charge in [-0.15, -0.1) is 0 Å². The third kappa shape index (κ3) is 3.11. The zero-order chi connectivity index (χ0) is 17.8. The lowest BCUT2D eigenvalue weighted by Crippen LogP contribution is -1.94. The van der Waals surface area contributed by atoms with Crippen molar-refractivity contribution in [2.24, 2.45) is 0 Å². The van der Waals surface area contributed by atoms with E-state index in [-0.39, 0.29) is 0 Å². The van der Waals surface area contributed by atoms with E-state index in [2.05, 4.69) is 35.3 Å². The fourth-order valence-corrected chi connectivity index (χ4v) is 3.06. The summed E-state index contributed by atoms with van der Waals surface area (Å²) < 4.78 is 5.85. The van der Waals surface area contributed by atoms with Crippen LogP contribution in [0, 0.1) is 0 Å². The molecule has 26 heavy (non-hydrogen) atoms. The van der Waals surface area contributed by atoms with E-state index in [1.54, 1.807) is 0 Å². The van der Waals surface area contributed by atoms with Crippen LogP contribution in [-0.2, 0) is 0 Å². The highest BCUT2D eigenvalue weighted by molar-refractivity contribution is 5.83. The molecular formula is C23H20N2O. The molecule has 0 bridgehead atoms. The molecule has 0 spiro atoms. The van der Waals surface area contributed by atoms with Gasteiger partial charge in [-0.3, -0.25) is 0 Å². The summed E-state index contributed by atoms with van der Waals surface area (Å²) >= 11 is 0. The summed E-state index contributed by atoms with van der Waals surface area (Å²) in [6.45, 7) is 2.62. The molecule has 1 aromatic heterocycles. The zero-order valence-electron chi connectivity index (χ0n) is 14.6. The Balaban J connectivity index is 1.92. The van der Waals surface area contributed by atoms with Crippen molar-refractivity contribution >= 4 is 0 Å². The molecule has 0 fully saturated rings. The first-order valence-electron chi connectivity index (χ1n) is 8.80. The first-order valence-corrected chi connectivity index (χ1v) is 8.80. The van der Waals surface area contributed by atoms with Crippen molar-refractivity contribution in [3.05, 3.63) is 84.9 Å². The van der Waals surface area contributed by atoms with Gasteiger partial charge in [0.15, 0.2) is 0 Å². The highest BCUT2D eigenvalue weighted by Gasteiger charge is 2.17. The second-order valence-corrected chi connectivity index (χ2v) is 5.97. The van der Waals surface area contributed by atoms with Crippen LogP contribution in [0.5, 0.6) is 5.75 Å². The van der Waals surface area contributed by atoms with Gasteiger partial charge in [0.25, 0.3) is 0 Å². The average Bonchev–Trinajstić information content (AvgIpc) is 3.15. The molecule has 3 aromatic carbocycles. The Morgan fingerprint density at radius 2 is 1.38 bits per heavy atom. The van der Waals surface area contributed by atoms with E-state index in [4.69, 9.17) is 9.72 Å². The van der Waals surface area contributed by atoms with Gasteiger partial charge in [0.2, 0.25) is 0 Å². The number of para-hydroxylation sites is 1. The number of imidazole rings is 1. The molecule has 0 saturated heterocycles. The smallest absolute Gasteiger partial charge is 0.138 e. The Kier molecular flexibility index (Phi) is 4.52. The topological polar surface area (TPSA) is 37.9 Å². The average molecular weight is 340 g/mol. The molecule has 0 aliphatic heterocycles. The summed E-state index contributed by atoms with van der Waals surface area (Å²) in [5.74, 6) is 1.71. The number of ether oxygens (including phenoxy) is 1. The molecule has 128 valence electrons. The Morgan fingerprint density at radius 1 is 0.769 bits per heavy atom. The third-order valence-corrected chi connectivity index (χ3v) is 4.25. The first kappa shape index (κ1) is 16.2. The number of aromatic nitrogens is 2. The van der Waals surface area contributed by atoms with Crippen molar-refractivity contribution in [2.45, 2.75) is 6.92 Å². The molecule has 4 rings (SSSR count). The van der Waals surface area contributed by atoms with Crippen LogP contribution in [-0.4, -0.2) is 16.6 Å². The van der Waals surface area contributed by atoms with Crippen molar-refractivity contribution in [3.8, 4) is 39.7 Å². The molecule has 0 aliphatic carbocycles. The van der Waals surface area contributed by atoms with Crippen molar-refractivity contribution in [2.75, 3.05) is 6.61 Å². The van der Waals surface area contributed by atoms with Gasteiger partial charge >= 0.3 is 0 Å². The van der Waals surface area contributed by atoms with Gasteiger partial charge in [-0.25, -0.2) is 4.98 Å². The summed E-state index contributed by atoms with van der Waals surface area (Å²) in [7, 11) is 0. The van der Waals surface area contributed by atoms with E-state index in [0.717, 1.165) is 39.7 Å². The SMILES string of the molecule is CCOc1ccccc1-c1[nH]c(-c2ccccc2)nc1-c1ccccc1. The van der Waals surface area contributed by atoms with Crippen molar-refractivity contribution < 1.29 is 4.74 Å². The second-order valence-electron chi connectivity index (χ2n) is 5.97. The fourth-order valence-electron chi connectivity index (χ4n) is 3.06. The van der Waals surface area contributed by atoms with E-state index < -0.39 is 0 Å². The van der Waals surface area contributed by atoms with Crippen LogP contribution in [0.25, 0.3) is 33.9 Å². The normalized spacial score (nSPS) is 10.7. The van der Waals surface area contributed by atoms with Gasteiger partial charge in [0, 0.05) is 16.7 Å². The summed E-state index contributed by atoms with van der Waals surface area (Å²) in [5.41, 5.74) is 5.05. The molecule has 3 heteroatoms. The number of hydrogen-bond donors (Lipinski definition) is 1. The lowest BCUT2D eigenvalue weighted by atomic mass is 10.0. The number of rotatable bonds is 5. The lowest BCUT2D eigenvalue weighted by molar-refractivity contribution is 0.341. The fraction of sp³-hybridized carbons (Fsp3) is 0.0870. The summed E-state index contributed by atoms with van der Waals surface area (Å²) in [4.78, 5) is 8.44. The molecule has 0 radical (unpaired) electrons. The van der Waals surface area contributed by atoms with Gasteiger partial charge < -0.3 is 9.72 Å². The van der Waals surface area contributed by atoms with Crippen molar-refractivity contribution in [1.82, 2.24) is 9.97 Å². The molecule has 3 nitrogen and oxygen atoms in total. The number of nitrogens with one attached hydrogen (secondary N) is 1. The van der Waals surface area contributed by atoms with Gasteiger partial charge in [-0.05, 0) is 19.1 Å². The standard InChI is InChI=1S/C23H20N2O/c1-2-26-20-16-10-9-15-19(20)22-21(17-11-5-3-6-12-17)24-23(25-22)18-13-7-4-8-14-18/h3-16H,2H2,1H3,(H,24,25). The molecule has 0 unspecified atom stereocenters. The van der Waals surface area contributed by atoms with E-state index in [0.29, 0.717) is 6.61 Å². The molecule has 0 saturated carbocycles. The highest BCUT2D eigenvalue weighted by atomic mass is 16.5. The van der Waals surface area contributed by atoms with Crippen LogP contribution in [0.2, 0.25) is 0 Å². The molecule has 4 aromatic rings. The predicted molar refractivity (Wildman–Crippen MR) is 106 cm³/mol. The Labute approximate surface area is 153 Å². The largest absolute Gasteiger partial charge is 0.493 e. The van der Waals surface area contributed by atoms with E-state index in [9.17, 15) is 0 Å². The second kappa shape index (κ2) is 7.28. The molecule has 1 heterocycles. The Hall–Kier alpha value is -3.33. The van der Waals surface area contributed by atoms with Crippen molar-refractivity contribution in [1.29, 1.82) is 0 Å². The van der Waals surface area contributed by atoms with E-state index >= 15 is 0 Å². The van der Waals surface area contributed by atoms with Crippen LogP contribution in [0.4, 0.5) is 0 Å². The van der Waals surface area contributed by atoms with Crippen molar-refractivity contribution in [3.63, 3.8) is 0 Å². The molecule has 0 aliphatic rings. The number of H-pyrrole nitrogens is 1. The van der Waals surface area contributed by atoms with Crippen LogP contribution < -0.4 is 4.74 Å². The Bertz CT molecular complexity index is 991. The zero-order valence-corrected chi connectivity index (χ0v) is 14.6. The van der Waals surface area contributed by atoms with Gasteiger partial charge in [0.1, 0.15) is 11.6 Å². The number of aromatic amines is 1. The van der Waals surface area contributed by atoms with E-state index in [1.807, 2.05) is 61.5 Å². The highest BCUT2D eigenvalue weighted by Crippen LogP contribution is 2.37. The first-order chi connectivity index (χ1) is 12.9. The predicted octanol–water partition coefficient (Wildman–Crippen LogP) is 5.81. The van der Waals surface area contributed by atoms with Crippen LogP contribution >= 0.6 is 0 Å². The minimum atomic E-state index is 0.622. The van der Waals surface area contributed by atoms with E-state index in [1.165, 1.54) is 0 Å². The van der Waals surface area contributed by atoms with Gasteiger partial charge in [0.05, 0.1) is 18.0 Å². The van der Waals surface area contributed by atoms with Crippen LogP contribution in [0.15, 0.2) is 84.9 Å². The maximum Gasteiger partial charge on any atom is 0.138 e. The molecule has 0 atom stereocenters. The maximum atomic E-state index is 5.85. The summed E-state index contributed by atoms with van der Waals surface area (Å²) in [6, 6.07) is 28.5. The van der Waals surface area contributed by atoms with Crippen LogP contribution in [0.3, 0.4) is 0 Å². The summed E-state index contributed by atoms with van der Waals surface area (Å²) in [5, 5.41) is 0. The maximum absolute atomic E-state index is 5.85. The quantitative estimate of drug-likeness (QED) is 0.498. The minimum Gasteiger partial charge on any atom is -0.493 e. The van der Waals surface area contributed by atoms with Gasteiger partial charge in [-0.2, -0.15) is 0 Å². The number of hydrogen-bond acceptors (Lipinski definition) is 2. The third-order valence-electron chi connectivity index (χ3n) is 4.25. The van der Waals surface area contributed by atoms with Crippen LogP contribution in [0.1, 0.15) is 6.92 Å². The Morgan fingerprint density at radius 3 is 2.08 bits per heavy atom.